The van der Waals surface area contributed by atoms with Crippen molar-refractivity contribution in [1.82, 2.24) is 10.2 Å². The van der Waals surface area contributed by atoms with Crippen LogP contribution in [0.4, 0.5) is 13.6 Å². The molecule has 7 heteroatoms. The third-order valence-corrected chi connectivity index (χ3v) is 7.32. The number of carbonyl (C=O) groups is 1. The number of halogens is 2. The fraction of sp³-hybridized carbons (Fsp3) is 0.696. The van der Waals surface area contributed by atoms with Crippen LogP contribution in [0.5, 0.6) is 5.75 Å². The van der Waals surface area contributed by atoms with Gasteiger partial charge >= 0.3 is 6.09 Å². The van der Waals surface area contributed by atoms with Gasteiger partial charge < -0.3 is 14.8 Å². The lowest BCUT2D eigenvalue weighted by Gasteiger charge is -2.44. The van der Waals surface area contributed by atoms with Crippen LogP contribution < -0.4 is 10.1 Å². The van der Waals surface area contributed by atoms with Gasteiger partial charge in [0.15, 0.2) is 0 Å². The van der Waals surface area contributed by atoms with Crippen LogP contribution in [-0.2, 0) is 10.3 Å². The molecule has 5 fully saturated rings. The van der Waals surface area contributed by atoms with E-state index >= 15 is 0 Å². The number of rotatable bonds is 5. The molecule has 6 rings (SSSR count). The standard InChI is InChI=1S/C23H30F2N2O3/c24-23(25)9-5-19(6-10-23)29-18-3-1-17(2-4-18)22(11-12-22)26-21(28)30-20-15-27-13-7-16(20)8-14-27/h1-4,16,19-20H,5-15H2,(H,26,28). The number of amides is 1. The van der Waals surface area contributed by atoms with Gasteiger partial charge in [-0.2, -0.15) is 0 Å². The molecule has 2 saturated carbocycles. The van der Waals surface area contributed by atoms with E-state index in [2.05, 4.69) is 10.2 Å². The zero-order chi connectivity index (χ0) is 20.8. The second-order valence-corrected chi connectivity index (χ2v) is 9.49. The largest absolute Gasteiger partial charge is 0.490 e. The second kappa shape index (κ2) is 7.66. The van der Waals surface area contributed by atoms with Crippen molar-refractivity contribution in [2.75, 3.05) is 19.6 Å². The maximum absolute atomic E-state index is 13.3. The predicted octanol–water partition coefficient (Wildman–Crippen LogP) is 4.45. The molecule has 1 atom stereocenters. The highest BCUT2D eigenvalue weighted by atomic mass is 19.3. The Balaban J connectivity index is 1.15. The Morgan fingerprint density at radius 3 is 2.23 bits per heavy atom. The molecule has 3 aliphatic heterocycles. The van der Waals surface area contributed by atoms with E-state index in [0.717, 1.165) is 50.9 Å². The first kappa shape index (κ1) is 20.0. The Bertz CT molecular complexity index is 763. The molecule has 30 heavy (non-hydrogen) atoms. The number of hydrogen-bond acceptors (Lipinski definition) is 4. The smallest absolute Gasteiger partial charge is 0.408 e. The van der Waals surface area contributed by atoms with Crippen LogP contribution in [0.15, 0.2) is 24.3 Å². The summed E-state index contributed by atoms with van der Waals surface area (Å²) in [5, 5.41) is 3.10. The molecule has 1 aromatic carbocycles. The summed E-state index contributed by atoms with van der Waals surface area (Å²) in [6, 6.07) is 7.69. The van der Waals surface area contributed by atoms with E-state index in [9.17, 15) is 13.6 Å². The van der Waals surface area contributed by atoms with Gasteiger partial charge in [-0.15, -0.1) is 0 Å². The number of alkyl halides is 2. The fourth-order valence-corrected chi connectivity index (χ4v) is 5.19. The Morgan fingerprint density at radius 2 is 1.67 bits per heavy atom. The summed E-state index contributed by atoms with van der Waals surface area (Å²) in [5.41, 5.74) is 0.687. The third kappa shape index (κ3) is 4.27. The Labute approximate surface area is 176 Å². The number of fused-ring (bicyclic) bond motifs is 3. The number of alkyl carbamates (subject to hydrolysis) is 1. The molecule has 1 N–H and O–H groups in total. The van der Waals surface area contributed by atoms with Crippen molar-refractivity contribution in [3.8, 4) is 5.75 Å². The summed E-state index contributed by atoms with van der Waals surface area (Å²) in [6.07, 6.45) is 4.08. The Morgan fingerprint density at radius 1 is 1.00 bits per heavy atom. The molecule has 0 spiro atoms. The fourth-order valence-electron chi connectivity index (χ4n) is 5.19. The van der Waals surface area contributed by atoms with Crippen LogP contribution in [0, 0.1) is 5.92 Å². The number of benzene rings is 1. The number of piperidine rings is 3. The molecule has 1 amide bonds. The minimum absolute atomic E-state index is 0.00180. The molecular weight excluding hydrogens is 390 g/mol. The van der Waals surface area contributed by atoms with Gasteiger partial charge in [0.05, 0.1) is 11.6 Å². The van der Waals surface area contributed by atoms with Gasteiger partial charge in [0, 0.05) is 19.4 Å². The molecule has 5 aliphatic rings. The monoisotopic (exact) mass is 420 g/mol. The zero-order valence-corrected chi connectivity index (χ0v) is 17.2. The van der Waals surface area contributed by atoms with E-state index < -0.39 is 5.92 Å². The molecule has 3 heterocycles. The van der Waals surface area contributed by atoms with Crippen molar-refractivity contribution in [2.45, 2.75) is 75.0 Å². The second-order valence-electron chi connectivity index (χ2n) is 9.49. The number of ether oxygens (including phenoxy) is 2. The lowest BCUT2D eigenvalue weighted by molar-refractivity contribution is -0.0582. The van der Waals surface area contributed by atoms with E-state index in [1.807, 2.05) is 24.3 Å². The van der Waals surface area contributed by atoms with E-state index in [1.165, 1.54) is 0 Å². The van der Waals surface area contributed by atoms with E-state index in [1.54, 1.807) is 0 Å². The topological polar surface area (TPSA) is 50.8 Å². The molecule has 164 valence electrons. The van der Waals surface area contributed by atoms with E-state index in [0.29, 0.717) is 24.5 Å². The van der Waals surface area contributed by atoms with Crippen LogP contribution in [0.2, 0.25) is 0 Å². The number of nitrogens with zero attached hydrogens (tertiary/aromatic N) is 1. The molecule has 3 saturated heterocycles. The van der Waals surface area contributed by atoms with E-state index in [-0.39, 0.29) is 36.7 Å². The minimum atomic E-state index is -2.54. The normalized spacial score (nSPS) is 31.7. The summed E-state index contributed by atoms with van der Waals surface area (Å²) >= 11 is 0. The van der Waals surface area contributed by atoms with Crippen LogP contribution in [0.1, 0.15) is 56.9 Å². The summed E-state index contributed by atoms with van der Waals surface area (Å²) in [5.74, 6) is -1.36. The average Bonchev–Trinajstić information content (AvgIpc) is 3.51. The minimum Gasteiger partial charge on any atom is -0.490 e. The summed E-state index contributed by atoms with van der Waals surface area (Å²) in [4.78, 5) is 14.9. The van der Waals surface area contributed by atoms with Gasteiger partial charge in [-0.1, -0.05) is 12.1 Å². The summed E-state index contributed by atoms with van der Waals surface area (Å²) < 4.78 is 38.3. The van der Waals surface area contributed by atoms with Crippen LogP contribution in [0.3, 0.4) is 0 Å². The number of nitrogens with one attached hydrogen (secondary N) is 1. The van der Waals surface area contributed by atoms with Gasteiger partial charge in [0.2, 0.25) is 5.92 Å². The van der Waals surface area contributed by atoms with Crippen LogP contribution in [-0.4, -0.2) is 48.8 Å². The van der Waals surface area contributed by atoms with Crippen molar-refractivity contribution in [1.29, 1.82) is 0 Å². The first-order valence-corrected chi connectivity index (χ1v) is 11.3. The zero-order valence-electron chi connectivity index (χ0n) is 17.2. The molecule has 2 bridgehead atoms. The molecule has 0 radical (unpaired) electrons. The van der Waals surface area contributed by atoms with Crippen molar-refractivity contribution in [2.24, 2.45) is 5.92 Å². The van der Waals surface area contributed by atoms with E-state index in [4.69, 9.17) is 9.47 Å². The Kier molecular flexibility index (Phi) is 5.12. The average molecular weight is 421 g/mol. The highest BCUT2D eigenvalue weighted by Crippen LogP contribution is 2.46. The summed E-state index contributed by atoms with van der Waals surface area (Å²) in [6.45, 7) is 3.09. The van der Waals surface area contributed by atoms with Crippen LogP contribution >= 0.6 is 0 Å². The molecule has 2 aliphatic carbocycles. The van der Waals surface area contributed by atoms with Gasteiger partial charge in [-0.05, 0) is 75.2 Å². The first-order chi connectivity index (χ1) is 14.4. The highest BCUT2D eigenvalue weighted by Gasteiger charge is 2.47. The SMILES string of the molecule is O=C(NC1(c2ccc(OC3CCC(F)(F)CC3)cc2)CC1)OC1CN2CCC1CC2. The lowest BCUT2D eigenvalue weighted by Crippen LogP contribution is -2.53. The molecule has 0 aromatic heterocycles. The first-order valence-electron chi connectivity index (χ1n) is 11.3. The number of hydrogen-bond donors (Lipinski definition) is 1. The Hall–Kier alpha value is -1.89. The summed E-state index contributed by atoms with van der Waals surface area (Å²) in [7, 11) is 0. The van der Waals surface area contributed by atoms with Crippen molar-refractivity contribution in [3.05, 3.63) is 29.8 Å². The maximum atomic E-state index is 13.3. The van der Waals surface area contributed by atoms with Gasteiger partial charge in [-0.25, -0.2) is 13.6 Å². The van der Waals surface area contributed by atoms with Gasteiger partial charge in [0.1, 0.15) is 11.9 Å². The van der Waals surface area contributed by atoms with Crippen molar-refractivity contribution in [3.63, 3.8) is 0 Å². The molecule has 1 aromatic rings. The molecular formula is C23H30F2N2O3. The van der Waals surface area contributed by atoms with Gasteiger partial charge in [0.25, 0.3) is 0 Å². The highest BCUT2D eigenvalue weighted by molar-refractivity contribution is 5.70. The predicted molar refractivity (Wildman–Crippen MR) is 108 cm³/mol. The van der Waals surface area contributed by atoms with Gasteiger partial charge in [-0.3, -0.25) is 4.90 Å². The lowest BCUT2D eigenvalue weighted by atomic mass is 9.86. The quantitative estimate of drug-likeness (QED) is 0.765. The van der Waals surface area contributed by atoms with Crippen LogP contribution in [0.25, 0.3) is 0 Å². The molecule has 5 nitrogen and oxygen atoms in total. The van der Waals surface area contributed by atoms with Crippen molar-refractivity contribution < 1.29 is 23.0 Å². The maximum Gasteiger partial charge on any atom is 0.408 e. The third-order valence-electron chi connectivity index (χ3n) is 7.32. The van der Waals surface area contributed by atoms with Crippen molar-refractivity contribution >= 4 is 6.09 Å². The number of carbonyl (C=O) groups excluding carboxylic acids is 1. The molecule has 1 unspecified atom stereocenters.